The van der Waals surface area contributed by atoms with Gasteiger partial charge in [0.05, 0.1) is 11.9 Å². The van der Waals surface area contributed by atoms with Crippen molar-refractivity contribution in [1.82, 2.24) is 0 Å². The van der Waals surface area contributed by atoms with Crippen LogP contribution in [0.1, 0.15) is 22.6 Å². The first-order valence-corrected chi connectivity index (χ1v) is 7.66. The molecule has 23 heavy (non-hydrogen) atoms. The molecule has 114 valence electrons. The van der Waals surface area contributed by atoms with Crippen LogP contribution in [0, 0.1) is 0 Å². The molecule has 0 unspecified atom stereocenters. The van der Waals surface area contributed by atoms with Crippen LogP contribution in [0.2, 0.25) is 0 Å². The Labute approximate surface area is 135 Å². The topological polar surface area (TPSA) is 34.7 Å². The normalized spacial score (nSPS) is 12.6. The molecule has 0 amide bonds. The highest BCUT2D eigenvalue weighted by Crippen LogP contribution is 2.38. The molecule has 0 aliphatic heterocycles. The van der Waals surface area contributed by atoms with E-state index in [9.17, 15) is 0 Å². The molecule has 1 aliphatic rings. The fourth-order valence-electron chi connectivity index (χ4n) is 3.03. The lowest BCUT2D eigenvalue weighted by atomic mass is 10.1. The molecule has 3 nitrogen and oxygen atoms in total. The number of fused-ring (bicyclic) bond motifs is 3. The summed E-state index contributed by atoms with van der Waals surface area (Å²) in [4.78, 5) is 4.53. The number of aliphatic imine (C=N–C) groups is 1. The number of benzene rings is 2. The fraction of sp³-hybridized carbons (Fsp3) is 0.150. The number of methoxy groups -OCH3 is 1. The first kappa shape index (κ1) is 14.0. The van der Waals surface area contributed by atoms with E-state index in [0.717, 1.165) is 23.6 Å². The van der Waals surface area contributed by atoms with Gasteiger partial charge in [-0.2, -0.15) is 0 Å². The van der Waals surface area contributed by atoms with Gasteiger partial charge in [-0.15, -0.1) is 0 Å². The Morgan fingerprint density at radius 3 is 2.83 bits per heavy atom. The minimum Gasteiger partial charge on any atom is -0.458 e. The molecule has 1 heterocycles. The maximum atomic E-state index is 5.61. The van der Waals surface area contributed by atoms with Gasteiger partial charge in [0.15, 0.2) is 0 Å². The molecule has 1 aliphatic carbocycles. The Morgan fingerprint density at radius 1 is 1.04 bits per heavy atom. The Hall–Kier alpha value is -2.65. The molecule has 3 aromatic rings. The van der Waals surface area contributed by atoms with Crippen molar-refractivity contribution in [3.63, 3.8) is 0 Å². The summed E-state index contributed by atoms with van der Waals surface area (Å²) in [7, 11) is 1.65. The first-order chi connectivity index (χ1) is 11.3. The van der Waals surface area contributed by atoms with Crippen molar-refractivity contribution < 1.29 is 9.15 Å². The van der Waals surface area contributed by atoms with Gasteiger partial charge in [-0.05, 0) is 52.9 Å². The van der Waals surface area contributed by atoms with Crippen molar-refractivity contribution in [2.24, 2.45) is 4.99 Å². The lowest BCUT2D eigenvalue weighted by Gasteiger charge is -2.01. The van der Waals surface area contributed by atoms with E-state index in [0.29, 0.717) is 6.61 Å². The summed E-state index contributed by atoms with van der Waals surface area (Å²) in [5.74, 6) is 1.54. The van der Waals surface area contributed by atoms with Crippen LogP contribution >= 0.6 is 0 Å². The molecule has 1 aromatic heterocycles. The third-order valence-corrected chi connectivity index (χ3v) is 4.09. The Kier molecular flexibility index (Phi) is 3.56. The van der Waals surface area contributed by atoms with Crippen LogP contribution in [0.25, 0.3) is 11.1 Å². The standard InChI is InChI=1S/C20H17NO2/c1-22-13-18-8-7-17(23-18)12-21-16-6-9-20-15(11-16)10-14-4-2-3-5-19(14)20/h2-9,11-12H,10,13H2,1H3. The van der Waals surface area contributed by atoms with E-state index < -0.39 is 0 Å². The molecule has 2 aromatic carbocycles. The first-order valence-electron chi connectivity index (χ1n) is 7.66. The minimum atomic E-state index is 0.477. The third kappa shape index (κ3) is 2.71. The van der Waals surface area contributed by atoms with Gasteiger partial charge < -0.3 is 9.15 Å². The highest BCUT2D eigenvalue weighted by atomic mass is 16.5. The van der Waals surface area contributed by atoms with Crippen LogP contribution in [0.15, 0.2) is 64.0 Å². The summed E-state index contributed by atoms with van der Waals surface area (Å²) < 4.78 is 10.7. The van der Waals surface area contributed by atoms with E-state index in [1.165, 1.54) is 22.3 Å². The third-order valence-electron chi connectivity index (χ3n) is 4.09. The average molecular weight is 303 g/mol. The maximum absolute atomic E-state index is 5.61. The summed E-state index contributed by atoms with van der Waals surface area (Å²) in [5, 5.41) is 0. The smallest absolute Gasteiger partial charge is 0.145 e. The van der Waals surface area contributed by atoms with E-state index in [-0.39, 0.29) is 0 Å². The van der Waals surface area contributed by atoms with E-state index >= 15 is 0 Å². The molecule has 0 saturated carbocycles. The molecule has 0 radical (unpaired) electrons. The predicted molar refractivity (Wildman–Crippen MR) is 91.4 cm³/mol. The summed E-state index contributed by atoms with van der Waals surface area (Å²) >= 11 is 0. The molecule has 0 spiro atoms. The van der Waals surface area contributed by atoms with Crippen molar-refractivity contribution >= 4 is 11.9 Å². The zero-order chi connectivity index (χ0) is 15.6. The molecular formula is C20H17NO2. The quantitative estimate of drug-likeness (QED) is 0.510. The second-order valence-electron chi connectivity index (χ2n) is 5.67. The number of furan rings is 1. The second-order valence-corrected chi connectivity index (χ2v) is 5.67. The monoisotopic (exact) mass is 303 g/mol. The average Bonchev–Trinajstić information content (AvgIpc) is 3.17. The minimum absolute atomic E-state index is 0.477. The number of ether oxygens (including phenoxy) is 1. The van der Waals surface area contributed by atoms with Gasteiger partial charge in [-0.1, -0.05) is 30.3 Å². The summed E-state index contributed by atoms with van der Waals surface area (Å²) in [5.41, 5.74) is 6.33. The van der Waals surface area contributed by atoms with Gasteiger partial charge in [0.1, 0.15) is 18.1 Å². The molecule has 4 rings (SSSR count). The van der Waals surface area contributed by atoms with Crippen LogP contribution < -0.4 is 0 Å². The van der Waals surface area contributed by atoms with E-state index in [4.69, 9.17) is 9.15 Å². The molecule has 0 fully saturated rings. The van der Waals surface area contributed by atoms with Gasteiger partial charge in [0, 0.05) is 7.11 Å². The van der Waals surface area contributed by atoms with Crippen LogP contribution in [-0.4, -0.2) is 13.3 Å². The maximum Gasteiger partial charge on any atom is 0.145 e. The number of nitrogens with zero attached hydrogens (tertiary/aromatic N) is 1. The fourth-order valence-corrected chi connectivity index (χ4v) is 3.03. The van der Waals surface area contributed by atoms with Gasteiger partial charge in [-0.25, -0.2) is 0 Å². The van der Waals surface area contributed by atoms with Crippen LogP contribution in [0.5, 0.6) is 0 Å². The van der Waals surface area contributed by atoms with Gasteiger partial charge in [-0.3, -0.25) is 4.99 Å². The van der Waals surface area contributed by atoms with Crippen LogP contribution in [-0.2, 0) is 17.8 Å². The van der Waals surface area contributed by atoms with Crippen molar-refractivity contribution in [3.05, 3.63) is 77.2 Å². The van der Waals surface area contributed by atoms with E-state index in [2.05, 4.69) is 47.5 Å². The van der Waals surface area contributed by atoms with Crippen molar-refractivity contribution in [2.75, 3.05) is 7.11 Å². The van der Waals surface area contributed by atoms with Crippen LogP contribution in [0.4, 0.5) is 5.69 Å². The largest absolute Gasteiger partial charge is 0.458 e. The zero-order valence-corrected chi connectivity index (χ0v) is 13.0. The van der Waals surface area contributed by atoms with Crippen LogP contribution in [0.3, 0.4) is 0 Å². The van der Waals surface area contributed by atoms with Crippen molar-refractivity contribution in [1.29, 1.82) is 0 Å². The highest BCUT2D eigenvalue weighted by molar-refractivity contribution is 5.81. The molecule has 3 heteroatoms. The summed E-state index contributed by atoms with van der Waals surface area (Å²) in [6.07, 6.45) is 2.73. The van der Waals surface area contributed by atoms with Gasteiger partial charge in [0.2, 0.25) is 0 Å². The van der Waals surface area contributed by atoms with Gasteiger partial charge >= 0.3 is 0 Å². The Bertz CT molecular complexity index is 877. The van der Waals surface area contributed by atoms with E-state index in [1.54, 1.807) is 13.3 Å². The Morgan fingerprint density at radius 2 is 1.91 bits per heavy atom. The van der Waals surface area contributed by atoms with Gasteiger partial charge in [0.25, 0.3) is 0 Å². The van der Waals surface area contributed by atoms with Crippen molar-refractivity contribution in [2.45, 2.75) is 13.0 Å². The Balaban J connectivity index is 1.57. The predicted octanol–water partition coefficient (Wildman–Crippen LogP) is 4.75. The lowest BCUT2D eigenvalue weighted by molar-refractivity contribution is 0.164. The SMILES string of the molecule is COCc1ccc(C=Nc2ccc3c(c2)Cc2ccccc2-3)o1. The van der Waals surface area contributed by atoms with Crippen molar-refractivity contribution in [3.8, 4) is 11.1 Å². The molecule has 0 atom stereocenters. The number of hydrogen-bond donors (Lipinski definition) is 0. The molecule has 0 bridgehead atoms. The molecule has 0 N–H and O–H groups in total. The second kappa shape index (κ2) is 5.86. The molecular weight excluding hydrogens is 286 g/mol. The number of rotatable bonds is 4. The number of hydrogen-bond acceptors (Lipinski definition) is 3. The molecule has 0 saturated heterocycles. The van der Waals surface area contributed by atoms with E-state index in [1.807, 2.05) is 12.1 Å². The summed E-state index contributed by atoms with van der Waals surface area (Å²) in [6.45, 7) is 0.477. The summed E-state index contributed by atoms with van der Waals surface area (Å²) in [6, 6.07) is 18.7. The zero-order valence-electron chi connectivity index (χ0n) is 13.0. The lowest BCUT2D eigenvalue weighted by Crippen LogP contribution is -1.82. The highest BCUT2D eigenvalue weighted by Gasteiger charge is 2.17.